The second-order valence-corrected chi connectivity index (χ2v) is 8.37. The van der Waals surface area contributed by atoms with Crippen molar-refractivity contribution >= 4 is 28.7 Å². The Morgan fingerprint density at radius 1 is 1.19 bits per heavy atom. The van der Waals surface area contributed by atoms with Crippen molar-refractivity contribution in [3.8, 4) is 0 Å². The van der Waals surface area contributed by atoms with Gasteiger partial charge in [-0.05, 0) is 48.6 Å². The van der Waals surface area contributed by atoms with Gasteiger partial charge in [-0.2, -0.15) is 0 Å². The van der Waals surface area contributed by atoms with E-state index in [2.05, 4.69) is 45.6 Å². The Morgan fingerprint density at radius 3 is 2.72 bits per heavy atom. The molecule has 2 saturated heterocycles. The number of rotatable bonds is 4. The molecule has 0 unspecified atom stereocenters. The predicted octanol–water partition coefficient (Wildman–Crippen LogP) is 2.09. The first kappa shape index (κ1) is 20.3. The van der Waals surface area contributed by atoms with Crippen molar-refractivity contribution in [3.63, 3.8) is 0 Å². The molecule has 4 amide bonds. The van der Waals surface area contributed by atoms with Gasteiger partial charge in [0.15, 0.2) is 5.54 Å². The molecule has 32 heavy (non-hydrogen) atoms. The van der Waals surface area contributed by atoms with Crippen LogP contribution >= 0.6 is 0 Å². The molecule has 2 aliphatic heterocycles. The Hall–Kier alpha value is -3.65. The molecule has 2 fully saturated rings. The van der Waals surface area contributed by atoms with Crippen LogP contribution in [0.1, 0.15) is 28.0 Å². The van der Waals surface area contributed by atoms with Crippen molar-refractivity contribution in [2.75, 3.05) is 13.2 Å². The zero-order valence-corrected chi connectivity index (χ0v) is 17.7. The van der Waals surface area contributed by atoms with Crippen LogP contribution in [0.5, 0.6) is 0 Å². The number of ether oxygens (including phenoxy) is 1. The third-order valence-electron chi connectivity index (χ3n) is 6.32. The summed E-state index contributed by atoms with van der Waals surface area (Å²) >= 11 is 0. The third kappa shape index (κ3) is 3.42. The standard InChI is InChI=1S/C24H24N4O4/c1-15-12-18-4-2-3-5-19(18)28(15)13-16-6-8-17(9-7-16)21(29)25-20-10-11-32-14-24(20)22(30)26-23(31)27-24/h2-9,12,20H,10-11,13-14H2,1H3,(H,25,29)(H2,26,27,30,31)/t20-,24+/m1/s1. The lowest BCUT2D eigenvalue weighted by Gasteiger charge is -2.38. The molecule has 2 atom stereocenters. The molecule has 3 N–H and O–H groups in total. The monoisotopic (exact) mass is 432 g/mol. The Balaban J connectivity index is 1.31. The Morgan fingerprint density at radius 2 is 1.97 bits per heavy atom. The van der Waals surface area contributed by atoms with Gasteiger partial charge in [-0.25, -0.2) is 4.79 Å². The summed E-state index contributed by atoms with van der Waals surface area (Å²) < 4.78 is 7.67. The number of benzene rings is 2. The van der Waals surface area contributed by atoms with Gasteiger partial charge in [0.25, 0.3) is 11.8 Å². The van der Waals surface area contributed by atoms with E-state index in [0.717, 1.165) is 5.56 Å². The van der Waals surface area contributed by atoms with Gasteiger partial charge in [-0.1, -0.05) is 30.3 Å². The number of nitrogens with zero attached hydrogens (tertiary/aromatic N) is 1. The molecular weight excluding hydrogens is 408 g/mol. The van der Waals surface area contributed by atoms with E-state index in [9.17, 15) is 14.4 Å². The molecular formula is C24H24N4O4. The third-order valence-corrected chi connectivity index (χ3v) is 6.32. The van der Waals surface area contributed by atoms with Crippen LogP contribution in [-0.4, -0.2) is 47.2 Å². The average molecular weight is 432 g/mol. The van der Waals surface area contributed by atoms with Gasteiger partial charge in [-0.15, -0.1) is 0 Å². The fraction of sp³-hybridized carbons (Fsp3) is 0.292. The van der Waals surface area contributed by atoms with Gasteiger partial charge in [0.2, 0.25) is 0 Å². The highest BCUT2D eigenvalue weighted by molar-refractivity contribution is 6.08. The van der Waals surface area contributed by atoms with Crippen molar-refractivity contribution in [1.29, 1.82) is 0 Å². The van der Waals surface area contributed by atoms with E-state index in [-0.39, 0.29) is 12.5 Å². The van der Waals surface area contributed by atoms with Gasteiger partial charge in [0.1, 0.15) is 0 Å². The number of nitrogens with one attached hydrogen (secondary N) is 3. The molecule has 0 aliphatic carbocycles. The van der Waals surface area contributed by atoms with E-state index >= 15 is 0 Å². The SMILES string of the molecule is Cc1cc2ccccc2n1Cc1ccc(C(=O)N[C@@H]2CCOC[C@]23NC(=O)NC3=O)cc1. The molecule has 1 spiro atoms. The van der Waals surface area contributed by atoms with Gasteiger partial charge in [0.05, 0.1) is 12.6 Å². The topological polar surface area (TPSA) is 101 Å². The van der Waals surface area contributed by atoms with Crippen LogP contribution in [0.25, 0.3) is 10.9 Å². The number of carbonyl (C=O) groups excluding carboxylic acids is 3. The van der Waals surface area contributed by atoms with Crippen molar-refractivity contribution in [1.82, 2.24) is 20.5 Å². The van der Waals surface area contributed by atoms with Crippen molar-refractivity contribution in [3.05, 3.63) is 71.4 Å². The average Bonchev–Trinajstić information content (AvgIpc) is 3.25. The highest BCUT2D eigenvalue weighted by Crippen LogP contribution is 2.24. The zero-order chi connectivity index (χ0) is 22.3. The molecule has 5 rings (SSSR count). The molecule has 0 radical (unpaired) electrons. The van der Waals surface area contributed by atoms with Crippen molar-refractivity contribution < 1.29 is 19.1 Å². The van der Waals surface area contributed by atoms with Crippen LogP contribution in [-0.2, 0) is 16.1 Å². The van der Waals surface area contributed by atoms with Gasteiger partial charge < -0.3 is 19.9 Å². The number of carbonyl (C=O) groups is 3. The lowest BCUT2D eigenvalue weighted by molar-refractivity contribution is -0.130. The number of aryl methyl sites for hydroxylation is 1. The first-order chi connectivity index (χ1) is 15.5. The highest BCUT2D eigenvalue weighted by atomic mass is 16.5. The summed E-state index contributed by atoms with van der Waals surface area (Å²) in [5.41, 5.74) is 2.66. The lowest BCUT2D eigenvalue weighted by atomic mass is 9.86. The fourth-order valence-electron chi connectivity index (χ4n) is 4.57. The van der Waals surface area contributed by atoms with Crippen LogP contribution < -0.4 is 16.0 Å². The molecule has 3 heterocycles. The summed E-state index contributed by atoms with van der Waals surface area (Å²) in [5.74, 6) is -0.767. The summed E-state index contributed by atoms with van der Waals surface area (Å²) in [6.45, 7) is 3.22. The second kappa shape index (κ2) is 7.80. The summed E-state index contributed by atoms with van der Waals surface area (Å²) in [6.07, 6.45) is 0.428. The van der Waals surface area contributed by atoms with Crippen LogP contribution in [0.4, 0.5) is 4.79 Å². The molecule has 0 saturated carbocycles. The van der Waals surface area contributed by atoms with Crippen LogP contribution in [0, 0.1) is 6.92 Å². The Bertz CT molecular complexity index is 1220. The normalized spacial score (nSPS) is 22.7. The number of imide groups is 1. The number of hydrogen-bond donors (Lipinski definition) is 3. The van der Waals surface area contributed by atoms with E-state index < -0.39 is 23.5 Å². The van der Waals surface area contributed by atoms with Gasteiger partial charge >= 0.3 is 6.03 Å². The molecule has 8 heteroatoms. The summed E-state index contributed by atoms with van der Waals surface area (Å²) in [7, 11) is 0. The number of para-hydroxylation sites is 1. The lowest BCUT2D eigenvalue weighted by Crippen LogP contribution is -2.67. The first-order valence-corrected chi connectivity index (χ1v) is 10.6. The minimum atomic E-state index is -1.27. The summed E-state index contributed by atoms with van der Waals surface area (Å²) in [5, 5.41) is 9.00. The maximum Gasteiger partial charge on any atom is 0.322 e. The van der Waals surface area contributed by atoms with E-state index in [1.54, 1.807) is 12.1 Å². The second-order valence-electron chi connectivity index (χ2n) is 8.37. The fourth-order valence-corrected chi connectivity index (χ4v) is 4.57. The minimum absolute atomic E-state index is 0.0264. The summed E-state index contributed by atoms with van der Waals surface area (Å²) in [6, 6.07) is 16.7. The van der Waals surface area contributed by atoms with E-state index in [1.165, 1.54) is 16.6 Å². The van der Waals surface area contributed by atoms with E-state index in [1.807, 2.05) is 24.3 Å². The van der Waals surface area contributed by atoms with Crippen LogP contribution in [0.15, 0.2) is 54.6 Å². The Labute approximate surface area is 184 Å². The number of amides is 4. The molecule has 2 aromatic carbocycles. The molecule has 3 aromatic rings. The first-order valence-electron chi connectivity index (χ1n) is 10.6. The van der Waals surface area contributed by atoms with Crippen molar-refractivity contribution in [2.45, 2.75) is 31.5 Å². The minimum Gasteiger partial charge on any atom is -0.378 e. The number of aromatic nitrogens is 1. The predicted molar refractivity (Wildman–Crippen MR) is 118 cm³/mol. The van der Waals surface area contributed by atoms with Gasteiger partial charge in [0, 0.05) is 29.9 Å². The number of urea groups is 1. The quantitative estimate of drug-likeness (QED) is 0.550. The molecule has 2 aliphatic rings. The van der Waals surface area contributed by atoms with Crippen LogP contribution in [0.2, 0.25) is 0 Å². The largest absolute Gasteiger partial charge is 0.378 e. The molecule has 0 bridgehead atoms. The van der Waals surface area contributed by atoms with E-state index in [4.69, 9.17) is 4.74 Å². The summed E-state index contributed by atoms with van der Waals surface area (Å²) in [4.78, 5) is 37.0. The maximum absolute atomic E-state index is 12.9. The van der Waals surface area contributed by atoms with Crippen molar-refractivity contribution in [2.24, 2.45) is 0 Å². The highest BCUT2D eigenvalue weighted by Gasteiger charge is 2.54. The molecule has 8 nitrogen and oxygen atoms in total. The number of fused-ring (bicyclic) bond motifs is 1. The Kier molecular flexibility index (Phi) is 4.94. The van der Waals surface area contributed by atoms with E-state index in [0.29, 0.717) is 25.1 Å². The van der Waals surface area contributed by atoms with Gasteiger partial charge in [-0.3, -0.25) is 14.9 Å². The maximum atomic E-state index is 12.9. The molecule has 1 aromatic heterocycles. The smallest absolute Gasteiger partial charge is 0.322 e. The molecule has 164 valence electrons. The van der Waals surface area contributed by atoms with Crippen LogP contribution in [0.3, 0.4) is 0 Å². The zero-order valence-electron chi connectivity index (χ0n) is 17.7. The number of hydrogen-bond acceptors (Lipinski definition) is 4.